The van der Waals surface area contributed by atoms with Gasteiger partial charge in [-0.3, -0.25) is 14.9 Å². The Morgan fingerprint density at radius 1 is 1.48 bits per heavy atom. The molecule has 1 aromatic heterocycles. The number of esters is 1. The maximum Gasteiger partial charge on any atom is 0.361 e. The van der Waals surface area contributed by atoms with Crippen molar-refractivity contribution >= 4 is 17.9 Å². The summed E-state index contributed by atoms with van der Waals surface area (Å²) in [6, 6.07) is 6.03. The summed E-state index contributed by atoms with van der Waals surface area (Å²) in [5.41, 5.74) is -0.0949. The molecule has 0 fully saturated rings. The molecule has 1 heterocycles. The second kappa shape index (κ2) is 5.90. The third kappa shape index (κ3) is 2.76. The van der Waals surface area contributed by atoms with Crippen molar-refractivity contribution < 1.29 is 19.2 Å². The fraction of sp³-hybridized carbons (Fsp3) is 0.167. The minimum Gasteiger partial charge on any atom is -0.464 e. The van der Waals surface area contributed by atoms with Crippen LogP contribution in [0.5, 0.6) is 0 Å². The van der Waals surface area contributed by atoms with Gasteiger partial charge in [-0.15, -0.1) is 5.10 Å². The van der Waals surface area contributed by atoms with E-state index in [0.29, 0.717) is 11.8 Å². The largest absolute Gasteiger partial charge is 0.464 e. The Labute approximate surface area is 118 Å². The van der Waals surface area contributed by atoms with Crippen LogP contribution in [0.15, 0.2) is 24.3 Å². The Morgan fingerprint density at radius 3 is 2.81 bits per heavy atom. The van der Waals surface area contributed by atoms with E-state index in [0.717, 1.165) is 11.8 Å². The number of carbonyl (C=O) groups excluding carboxylic acids is 2. The number of ether oxygens (including phenoxy) is 1. The van der Waals surface area contributed by atoms with Gasteiger partial charge in [0.2, 0.25) is 5.69 Å². The van der Waals surface area contributed by atoms with Crippen LogP contribution in [0.2, 0.25) is 0 Å². The Bertz CT molecular complexity index is 709. The molecular formula is C12H10N4O5. The van der Waals surface area contributed by atoms with Gasteiger partial charge >= 0.3 is 5.97 Å². The molecule has 21 heavy (non-hydrogen) atoms. The zero-order valence-electron chi connectivity index (χ0n) is 10.9. The smallest absolute Gasteiger partial charge is 0.361 e. The monoisotopic (exact) mass is 290 g/mol. The highest BCUT2D eigenvalue weighted by Gasteiger charge is 2.21. The summed E-state index contributed by atoms with van der Waals surface area (Å²) < 4.78 is 5.60. The third-order valence-corrected chi connectivity index (χ3v) is 2.77. The lowest BCUT2D eigenvalue weighted by atomic mass is 10.2. The Kier molecular flexibility index (Phi) is 4.02. The van der Waals surface area contributed by atoms with Crippen LogP contribution in [0, 0.1) is 10.1 Å². The standard InChI is InChI=1S/C12H10N4O5/c1-21-12(18)11-10(7-17)15(14-13-11)6-8-4-2-3-5-9(8)16(19)20/h2-5,7H,6H2,1H3. The van der Waals surface area contributed by atoms with Gasteiger partial charge in [-0.2, -0.15) is 0 Å². The van der Waals surface area contributed by atoms with E-state index in [1.807, 2.05) is 0 Å². The number of aromatic nitrogens is 3. The molecule has 0 aliphatic heterocycles. The van der Waals surface area contributed by atoms with Crippen LogP contribution in [0.3, 0.4) is 0 Å². The van der Waals surface area contributed by atoms with Gasteiger partial charge in [-0.05, 0) is 0 Å². The number of aldehydes is 1. The van der Waals surface area contributed by atoms with Crippen molar-refractivity contribution in [2.45, 2.75) is 6.54 Å². The molecule has 0 atom stereocenters. The highest BCUT2D eigenvalue weighted by atomic mass is 16.6. The molecule has 2 rings (SSSR count). The molecule has 108 valence electrons. The van der Waals surface area contributed by atoms with Crippen molar-refractivity contribution in [3.63, 3.8) is 0 Å². The molecule has 0 radical (unpaired) electrons. The topological polar surface area (TPSA) is 117 Å². The molecule has 9 heteroatoms. The molecule has 0 saturated heterocycles. The van der Waals surface area contributed by atoms with E-state index >= 15 is 0 Å². The van der Waals surface area contributed by atoms with E-state index in [-0.39, 0.29) is 23.6 Å². The number of hydrogen-bond acceptors (Lipinski definition) is 7. The first-order valence-corrected chi connectivity index (χ1v) is 5.77. The summed E-state index contributed by atoms with van der Waals surface area (Å²) in [7, 11) is 1.15. The summed E-state index contributed by atoms with van der Waals surface area (Å²) in [6.07, 6.45) is 0.404. The number of para-hydroxylation sites is 1. The number of hydrogen-bond donors (Lipinski definition) is 0. The number of nitro groups is 1. The molecule has 0 amide bonds. The Morgan fingerprint density at radius 2 is 2.19 bits per heavy atom. The first kappa shape index (κ1) is 14.3. The van der Waals surface area contributed by atoms with E-state index in [2.05, 4.69) is 15.0 Å². The van der Waals surface area contributed by atoms with Gasteiger partial charge in [0, 0.05) is 6.07 Å². The number of carbonyl (C=O) groups is 2. The summed E-state index contributed by atoms with van der Waals surface area (Å²) in [6.45, 7) is -0.0603. The lowest BCUT2D eigenvalue weighted by molar-refractivity contribution is -0.385. The van der Waals surface area contributed by atoms with Crippen LogP contribution in [0.4, 0.5) is 5.69 Å². The van der Waals surface area contributed by atoms with E-state index in [4.69, 9.17) is 0 Å². The average Bonchev–Trinajstić information content (AvgIpc) is 2.89. The zero-order chi connectivity index (χ0) is 15.4. The maximum atomic E-state index is 11.4. The van der Waals surface area contributed by atoms with Crippen LogP contribution in [0.1, 0.15) is 26.5 Å². The van der Waals surface area contributed by atoms with Crippen LogP contribution in [-0.4, -0.2) is 39.3 Å². The van der Waals surface area contributed by atoms with Crippen molar-refractivity contribution in [1.29, 1.82) is 0 Å². The lowest BCUT2D eigenvalue weighted by Gasteiger charge is -2.04. The fourth-order valence-electron chi connectivity index (χ4n) is 1.78. The van der Waals surface area contributed by atoms with Crippen molar-refractivity contribution in [2.24, 2.45) is 0 Å². The number of benzene rings is 1. The van der Waals surface area contributed by atoms with E-state index in [1.54, 1.807) is 6.07 Å². The highest BCUT2D eigenvalue weighted by molar-refractivity contribution is 5.95. The SMILES string of the molecule is COC(=O)c1nnn(Cc2ccccc2[N+](=O)[O-])c1C=O. The average molecular weight is 290 g/mol. The summed E-state index contributed by atoms with van der Waals surface area (Å²) in [4.78, 5) is 32.9. The summed E-state index contributed by atoms with van der Waals surface area (Å²) in [5, 5.41) is 18.2. The summed E-state index contributed by atoms with van der Waals surface area (Å²) in [5.74, 6) is -0.800. The molecule has 9 nitrogen and oxygen atoms in total. The molecule has 0 aliphatic rings. The first-order valence-electron chi connectivity index (χ1n) is 5.77. The van der Waals surface area contributed by atoms with Crippen LogP contribution in [-0.2, 0) is 11.3 Å². The molecule has 0 N–H and O–H groups in total. The number of rotatable bonds is 5. The Hall–Kier alpha value is -3.10. The van der Waals surface area contributed by atoms with Crippen molar-refractivity contribution in [1.82, 2.24) is 15.0 Å². The van der Waals surface area contributed by atoms with Crippen molar-refractivity contribution in [3.8, 4) is 0 Å². The van der Waals surface area contributed by atoms with Crippen LogP contribution < -0.4 is 0 Å². The van der Waals surface area contributed by atoms with Gasteiger partial charge in [0.1, 0.15) is 5.69 Å². The predicted octanol–water partition coefficient (Wildman–Crippen LogP) is 0.834. The molecule has 0 spiro atoms. The Balaban J connectivity index is 2.41. The molecule has 0 saturated carbocycles. The predicted molar refractivity (Wildman–Crippen MR) is 68.9 cm³/mol. The van der Waals surface area contributed by atoms with Gasteiger partial charge < -0.3 is 4.74 Å². The zero-order valence-corrected chi connectivity index (χ0v) is 10.9. The lowest BCUT2D eigenvalue weighted by Crippen LogP contribution is -2.10. The molecule has 2 aromatic rings. The van der Waals surface area contributed by atoms with Crippen molar-refractivity contribution in [3.05, 3.63) is 51.3 Å². The second-order valence-corrected chi connectivity index (χ2v) is 3.98. The molecule has 0 bridgehead atoms. The minimum absolute atomic E-state index is 0.0603. The maximum absolute atomic E-state index is 11.4. The van der Waals surface area contributed by atoms with Gasteiger partial charge in [-0.1, -0.05) is 23.4 Å². The van der Waals surface area contributed by atoms with Crippen LogP contribution in [0.25, 0.3) is 0 Å². The quantitative estimate of drug-likeness (QED) is 0.346. The molecule has 1 aromatic carbocycles. The first-order chi connectivity index (χ1) is 10.1. The van der Waals surface area contributed by atoms with Gasteiger partial charge in [0.25, 0.3) is 5.69 Å². The van der Waals surface area contributed by atoms with Gasteiger partial charge in [-0.25, -0.2) is 9.48 Å². The van der Waals surface area contributed by atoms with Crippen LogP contribution >= 0.6 is 0 Å². The summed E-state index contributed by atoms with van der Waals surface area (Å²) >= 11 is 0. The normalized spacial score (nSPS) is 10.1. The third-order valence-electron chi connectivity index (χ3n) is 2.77. The van der Waals surface area contributed by atoms with E-state index in [9.17, 15) is 19.7 Å². The van der Waals surface area contributed by atoms with Gasteiger partial charge in [0.05, 0.1) is 24.1 Å². The number of nitrogens with zero attached hydrogens (tertiary/aromatic N) is 4. The highest BCUT2D eigenvalue weighted by Crippen LogP contribution is 2.19. The molecule has 0 aliphatic carbocycles. The second-order valence-electron chi connectivity index (χ2n) is 3.98. The van der Waals surface area contributed by atoms with Crippen molar-refractivity contribution in [2.75, 3.05) is 7.11 Å². The molecule has 0 unspecified atom stereocenters. The minimum atomic E-state index is -0.800. The van der Waals surface area contributed by atoms with E-state index in [1.165, 1.54) is 18.2 Å². The molecular weight excluding hydrogens is 280 g/mol. The number of nitro benzene ring substituents is 1. The van der Waals surface area contributed by atoms with Gasteiger partial charge in [0.15, 0.2) is 6.29 Å². The number of methoxy groups -OCH3 is 1. The van der Waals surface area contributed by atoms with E-state index < -0.39 is 10.9 Å². The fourth-order valence-corrected chi connectivity index (χ4v) is 1.78.